The Morgan fingerprint density at radius 3 is 2.62 bits per heavy atom. The Hall–Kier alpha value is -2.58. The SMILES string of the molecule is COCCOc1ccc(C(F)(F)F)cc1NC(=O)C[NH+]1CCc2ccccc2C1. The van der Waals surface area contributed by atoms with Gasteiger partial charge in [0.2, 0.25) is 0 Å². The minimum absolute atomic E-state index is 0.0118. The van der Waals surface area contributed by atoms with Crippen molar-refractivity contribution in [2.45, 2.75) is 19.1 Å². The summed E-state index contributed by atoms with van der Waals surface area (Å²) in [6.07, 6.45) is -3.64. The summed E-state index contributed by atoms with van der Waals surface area (Å²) in [6, 6.07) is 11.1. The lowest BCUT2D eigenvalue weighted by Gasteiger charge is -2.25. The van der Waals surface area contributed by atoms with E-state index in [0.717, 1.165) is 30.0 Å². The number of carbonyl (C=O) groups is 1. The first kappa shape index (κ1) is 21.1. The van der Waals surface area contributed by atoms with Gasteiger partial charge < -0.3 is 19.7 Å². The fraction of sp³-hybridized carbons (Fsp3) is 0.381. The number of amides is 1. The van der Waals surface area contributed by atoms with Crippen LogP contribution in [0.2, 0.25) is 0 Å². The summed E-state index contributed by atoms with van der Waals surface area (Å²) in [5.41, 5.74) is 1.65. The summed E-state index contributed by atoms with van der Waals surface area (Å²) in [5.74, 6) is -0.169. The van der Waals surface area contributed by atoms with Gasteiger partial charge in [-0.05, 0) is 23.8 Å². The molecule has 1 unspecified atom stereocenters. The summed E-state index contributed by atoms with van der Waals surface area (Å²) in [5, 5.41) is 2.60. The summed E-state index contributed by atoms with van der Waals surface area (Å²) in [7, 11) is 1.50. The lowest BCUT2D eigenvalue weighted by atomic mass is 10.00. The maximum atomic E-state index is 13.1. The van der Waals surface area contributed by atoms with Crippen LogP contribution in [-0.4, -0.2) is 39.3 Å². The highest BCUT2D eigenvalue weighted by atomic mass is 19.4. The number of anilines is 1. The first-order chi connectivity index (χ1) is 13.9. The Kier molecular flexibility index (Phi) is 6.76. The molecule has 3 rings (SSSR count). The standard InChI is InChI=1S/C21H23F3N2O3/c1-28-10-11-29-19-7-6-17(21(22,23)24)12-18(19)25-20(27)14-26-9-8-15-4-2-3-5-16(15)13-26/h2-7,12H,8-11,13-14H2,1H3,(H,25,27)/p+1. The molecule has 5 nitrogen and oxygen atoms in total. The molecule has 1 amide bonds. The molecule has 1 aliphatic heterocycles. The summed E-state index contributed by atoms with van der Waals surface area (Å²) < 4.78 is 49.6. The number of ether oxygens (including phenoxy) is 2. The van der Waals surface area contributed by atoms with E-state index in [1.54, 1.807) is 0 Å². The zero-order chi connectivity index (χ0) is 20.9. The van der Waals surface area contributed by atoms with Gasteiger partial charge in [-0.3, -0.25) is 4.79 Å². The lowest BCUT2D eigenvalue weighted by Crippen LogP contribution is -3.12. The highest BCUT2D eigenvalue weighted by molar-refractivity contribution is 5.93. The molecule has 1 aliphatic rings. The monoisotopic (exact) mass is 409 g/mol. The molecule has 1 heterocycles. The van der Waals surface area contributed by atoms with E-state index in [4.69, 9.17) is 9.47 Å². The second-order valence-corrected chi connectivity index (χ2v) is 6.97. The number of nitrogens with one attached hydrogen (secondary N) is 2. The topological polar surface area (TPSA) is 52.0 Å². The maximum absolute atomic E-state index is 13.1. The van der Waals surface area contributed by atoms with Gasteiger partial charge in [0.25, 0.3) is 5.91 Å². The number of halogens is 3. The number of benzene rings is 2. The largest absolute Gasteiger partial charge is 0.489 e. The smallest absolute Gasteiger partial charge is 0.416 e. The van der Waals surface area contributed by atoms with E-state index >= 15 is 0 Å². The molecule has 1 atom stereocenters. The van der Waals surface area contributed by atoms with Crippen molar-refractivity contribution < 1.29 is 32.3 Å². The van der Waals surface area contributed by atoms with Crippen LogP contribution in [0.3, 0.4) is 0 Å². The number of fused-ring (bicyclic) bond motifs is 1. The first-order valence-corrected chi connectivity index (χ1v) is 9.40. The van der Waals surface area contributed by atoms with Crippen LogP contribution in [0, 0.1) is 0 Å². The molecule has 2 N–H and O–H groups in total. The average molecular weight is 409 g/mol. The Morgan fingerprint density at radius 1 is 1.14 bits per heavy atom. The van der Waals surface area contributed by atoms with Crippen LogP contribution in [-0.2, 0) is 28.7 Å². The van der Waals surface area contributed by atoms with Gasteiger partial charge in [0.15, 0.2) is 6.54 Å². The van der Waals surface area contributed by atoms with Crippen LogP contribution in [0.15, 0.2) is 42.5 Å². The molecule has 0 bridgehead atoms. The molecule has 0 saturated heterocycles. The molecule has 156 valence electrons. The van der Waals surface area contributed by atoms with Crippen molar-refractivity contribution in [3.63, 3.8) is 0 Å². The van der Waals surface area contributed by atoms with Crippen molar-refractivity contribution in [1.82, 2.24) is 0 Å². The predicted octanol–water partition coefficient (Wildman–Crippen LogP) is 2.31. The number of hydrogen-bond donors (Lipinski definition) is 2. The van der Waals surface area contributed by atoms with Crippen LogP contribution >= 0.6 is 0 Å². The van der Waals surface area contributed by atoms with Crippen molar-refractivity contribution >= 4 is 11.6 Å². The normalized spacial score (nSPS) is 16.2. The molecule has 0 radical (unpaired) electrons. The molecule has 2 aromatic carbocycles. The van der Waals surface area contributed by atoms with Crippen molar-refractivity contribution in [1.29, 1.82) is 0 Å². The Balaban J connectivity index is 1.69. The van der Waals surface area contributed by atoms with Crippen LogP contribution in [0.5, 0.6) is 5.75 Å². The maximum Gasteiger partial charge on any atom is 0.416 e. The van der Waals surface area contributed by atoms with E-state index in [9.17, 15) is 18.0 Å². The van der Waals surface area contributed by atoms with E-state index in [1.807, 2.05) is 18.2 Å². The van der Waals surface area contributed by atoms with E-state index in [0.29, 0.717) is 6.54 Å². The summed E-state index contributed by atoms with van der Waals surface area (Å²) >= 11 is 0. The van der Waals surface area contributed by atoms with Crippen LogP contribution in [0.25, 0.3) is 0 Å². The van der Waals surface area contributed by atoms with Gasteiger partial charge in [0, 0.05) is 19.1 Å². The van der Waals surface area contributed by atoms with Crippen molar-refractivity contribution in [2.75, 3.05) is 38.7 Å². The third-order valence-corrected chi connectivity index (χ3v) is 4.84. The second kappa shape index (κ2) is 9.28. The Labute approximate surface area is 167 Å². The molecule has 0 aliphatic carbocycles. The lowest BCUT2D eigenvalue weighted by molar-refractivity contribution is -0.907. The average Bonchev–Trinajstić information content (AvgIpc) is 2.68. The molecule has 8 heteroatoms. The van der Waals surface area contributed by atoms with Gasteiger partial charge in [-0.15, -0.1) is 0 Å². The Morgan fingerprint density at radius 2 is 1.90 bits per heavy atom. The number of hydrogen-bond acceptors (Lipinski definition) is 3. The molecule has 0 saturated carbocycles. The summed E-state index contributed by atoms with van der Waals surface area (Å²) in [6.45, 7) is 2.13. The third-order valence-electron chi connectivity index (χ3n) is 4.84. The molecule has 29 heavy (non-hydrogen) atoms. The highest BCUT2D eigenvalue weighted by Crippen LogP contribution is 2.35. The zero-order valence-corrected chi connectivity index (χ0v) is 16.1. The number of rotatable bonds is 7. The third kappa shape index (κ3) is 5.71. The summed E-state index contributed by atoms with van der Waals surface area (Å²) in [4.78, 5) is 13.6. The van der Waals surface area contributed by atoms with E-state index < -0.39 is 11.7 Å². The molecule has 0 aromatic heterocycles. The van der Waals surface area contributed by atoms with Gasteiger partial charge in [-0.1, -0.05) is 24.3 Å². The van der Waals surface area contributed by atoms with Crippen LogP contribution in [0.1, 0.15) is 16.7 Å². The number of alkyl halides is 3. The zero-order valence-electron chi connectivity index (χ0n) is 16.1. The molecular formula is C21H24F3N2O3+. The van der Waals surface area contributed by atoms with E-state index in [1.165, 1.54) is 24.3 Å². The Bertz CT molecular complexity index is 855. The number of carbonyl (C=O) groups excluding carboxylic acids is 1. The quantitative estimate of drug-likeness (QED) is 0.691. The molecule has 0 spiro atoms. The van der Waals surface area contributed by atoms with Crippen LogP contribution in [0.4, 0.5) is 18.9 Å². The molecule has 2 aromatic rings. The van der Waals surface area contributed by atoms with Crippen molar-refractivity contribution in [3.8, 4) is 5.75 Å². The predicted molar refractivity (Wildman–Crippen MR) is 102 cm³/mol. The van der Waals surface area contributed by atoms with Gasteiger partial charge >= 0.3 is 6.18 Å². The van der Waals surface area contributed by atoms with Gasteiger partial charge in [0.1, 0.15) is 18.9 Å². The fourth-order valence-electron chi connectivity index (χ4n) is 3.38. The van der Waals surface area contributed by atoms with Crippen molar-refractivity contribution in [2.24, 2.45) is 0 Å². The van der Waals surface area contributed by atoms with Gasteiger partial charge in [-0.25, -0.2) is 0 Å². The minimum atomic E-state index is -4.51. The molecular weight excluding hydrogens is 385 g/mol. The van der Waals surface area contributed by atoms with E-state index in [-0.39, 0.29) is 37.1 Å². The van der Waals surface area contributed by atoms with Gasteiger partial charge in [-0.2, -0.15) is 13.2 Å². The van der Waals surface area contributed by atoms with E-state index in [2.05, 4.69) is 11.4 Å². The first-order valence-electron chi connectivity index (χ1n) is 9.40. The number of quaternary nitrogens is 1. The van der Waals surface area contributed by atoms with Gasteiger partial charge in [0.05, 0.1) is 24.4 Å². The van der Waals surface area contributed by atoms with Crippen molar-refractivity contribution in [3.05, 3.63) is 59.2 Å². The fourth-order valence-corrected chi connectivity index (χ4v) is 3.38. The minimum Gasteiger partial charge on any atom is -0.489 e. The number of methoxy groups -OCH3 is 1. The van der Waals surface area contributed by atoms with Crippen LogP contribution < -0.4 is 15.0 Å². The molecule has 0 fully saturated rings. The highest BCUT2D eigenvalue weighted by Gasteiger charge is 2.31. The second-order valence-electron chi connectivity index (χ2n) is 6.97.